The smallest absolute Gasteiger partial charge is 0.337 e. The Morgan fingerprint density at radius 3 is 2.50 bits per heavy atom. The van der Waals surface area contributed by atoms with Gasteiger partial charge in [0.15, 0.2) is 0 Å². The Balaban J connectivity index is 2.60. The third kappa shape index (κ3) is 2.64. The summed E-state index contributed by atoms with van der Waals surface area (Å²) in [6.07, 6.45) is 0. The molecule has 20 heavy (non-hydrogen) atoms. The molecule has 2 rings (SSSR count). The first-order chi connectivity index (χ1) is 9.54. The van der Waals surface area contributed by atoms with E-state index < -0.39 is 5.97 Å². The van der Waals surface area contributed by atoms with E-state index in [1.807, 2.05) is 13.8 Å². The number of hydrogen-bond acceptors (Lipinski definition) is 2. The quantitative estimate of drug-likeness (QED) is 0.915. The molecule has 0 aliphatic carbocycles. The molecule has 104 valence electrons. The molecule has 4 heteroatoms. The standard InChI is InChI=1S/C16H16FNO2/c1-3-18(14-7-5-4-6-13(14)17)15-10-11(2)8-9-12(15)16(19)20/h4-10H,3H2,1-2H3,(H,19,20). The van der Waals surface area contributed by atoms with Crippen molar-refractivity contribution in [3.63, 3.8) is 0 Å². The molecule has 0 aliphatic rings. The van der Waals surface area contributed by atoms with E-state index in [1.165, 1.54) is 6.07 Å². The summed E-state index contributed by atoms with van der Waals surface area (Å²) < 4.78 is 14.0. The lowest BCUT2D eigenvalue weighted by molar-refractivity contribution is 0.0697. The van der Waals surface area contributed by atoms with Gasteiger partial charge in [-0.15, -0.1) is 0 Å². The third-order valence-corrected chi connectivity index (χ3v) is 3.13. The zero-order valence-corrected chi connectivity index (χ0v) is 11.4. The van der Waals surface area contributed by atoms with Crippen molar-refractivity contribution in [3.8, 4) is 0 Å². The van der Waals surface area contributed by atoms with Gasteiger partial charge in [0, 0.05) is 6.54 Å². The summed E-state index contributed by atoms with van der Waals surface area (Å²) in [6.45, 7) is 4.22. The number of para-hydroxylation sites is 1. The van der Waals surface area contributed by atoms with Crippen LogP contribution in [0.15, 0.2) is 42.5 Å². The lowest BCUT2D eigenvalue weighted by Crippen LogP contribution is -2.20. The summed E-state index contributed by atoms with van der Waals surface area (Å²) in [5, 5.41) is 9.30. The highest BCUT2D eigenvalue weighted by molar-refractivity contribution is 5.95. The molecule has 2 aromatic rings. The molecule has 0 unspecified atom stereocenters. The van der Waals surface area contributed by atoms with Crippen LogP contribution in [0.1, 0.15) is 22.8 Å². The number of anilines is 2. The van der Waals surface area contributed by atoms with Crippen LogP contribution in [0.25, 0.3) is 0 Å². The number of carboxylic acids is 1. The third-order valence-electron chi connectivity index (χ3n) is 3.13. The summed E-state index contributed by atoms with van der Waals surface area (Å²) in [7, 11) is 0. The maximum atomic E-state index is 14.0. The first kappa shape index (κ1) is 14.1. The largest absolute Gasteiger partial charge is 0.478 e. The lowest BCUT2D eigenvalue weighted by Gasteiger charge is -2.25. The van der Waals surface area contributed by atoms with E-state index in [2.05, 4.69) is 0 Å². The second kappa shape index (κ2) is 5.74. The van der Waals surface area contributed by atoms with E-state index in [1.54, 1.807) is 41.3 Å². The van der Waals surface area contributed by atoms with E-state index in [0.717, 1.165) is 5.56 Å². The molecule has 0 spiro atoms. The Morgan fingerprint density at radius 1 is 1.20 bits per heavy atom. The summed E-state index contributed by atoms with van der Waals surface area (Å²) in [4.78, 5) is 13.0. The Morgan fingerprint density at radius 2 is 1.90 bits per heavy atom. The highest BCUT2D eigenvalue weighted by atomic mass is 19.1. The molecule has 0 saturated heterocycles. The average Bonchev–Trinajstić information content (AvgIpc) is 2.41. The molecule has 2 aromatic carbocycles. The monoisotopic (exact) mass is 273 g/mol. The number of carboxylic acid groups (broad SMARTS) is 1. The zero-order chi connectivity index (χ0) is 14.7. The number of rotatable bonds is 4. The molecule has 0 radical (unpaired) electrons. The highest BCUT2D eigenvalue weighted by Gasteiger charge is 2.18. The van der Waals surface area contributed by atoms with Gasteiger partial charge >= 0.3 is 5.97 Å². The normalized spacial score (nSPS) is 10.3. The van der Waals surface area contributed by atoms with E-state index in [0.29, 0.717) is 17.9 Å². The number of nitrogens with zero attached hydrogens (tertiary/aromatic N) is 1. The zero-order valence-electron chi connectivity index (χ0n) is 11.4. The summed E-state index contributed by atoms with van der Waals surface area (Å²) in [5.74, 6) is -1.39. The molecule has 1 N–H and O–H groups in total. The molecule has 0 heterocycles. The highest BCUT2D eigenvalue weighted by Crippen LogP contribution is 2.31. The van der Waals surface area contributed by atoms with Crippen LogP contribution < -0.4 is 4.90 Å². The number of carbonyl (C=O) groups is 1. The Labute approximate surface area is 117 Å². The van der Waals surface area contributed by atoms with Crippen molar-refractivity contribution < 1.29 is 14.3 Å². The van der Waals surface area contributed by atoms with Crippen LogP contribution in [0, 0.1) is 12.7 Å². The van der Waals surface area contributed by atoms with Crippen molar-refractivity contribution in [2.75, 3.05) is 11.4 Å². The molecule has 0 aromatic heterocycles. The molecule has 0 fully saturated rings. The number of benzene rings is 2. The Kier molecular flexibility index (Phi) is 4.03. The van der Waals surface area contributed by atoms with Crippen LogP contribution in [0.4, 0.5) is 15.8 Å². The van der Waals surface area contributed by atoms with E-state index in [-0.39, 0.29) is 11.4 Å². The SMILES string of the molecule is CCN(c1ccccc1F)c1cc(C)ccc1C(=O)O. The molecule has 0 saturated carbocycles. The fourth-order valence-electron chi connectivity index (χ4n) is 2.19. The molecule has 0 amide bonds. The van der Waals surface area contributed by atoms with Crippen molar-refractivity contribution >= 4 is 17.3 Å². The minimum atomic E-state index is -1.02. The average molecular weight is 273 g/mol. The van der Waals surface area contributed by atoms with Crippen molar-refractivity contribution in [2.45, 2.75) is 13.8 Å². The van der Waals surface area contributed by atoms with Crippen molar-refractivity contribution in [1.29, 1.82) is 0 Å². The van der Waals surface area contributed by atoms with E-state index in [4.69, 9.17) is 0 Å². The Bertz CT molecular complexity index is 640. The fraction of sp³-hybridized carbons (Fsp3) is 0.188. The second-order valence-corrected chi connectivity index (χ2v) is 4.52. The Hall–Kier alpha value is -2.36. The summed E-state index contributed by atoms with van der Waals surface area (Å²) in [5.41, 5.74) is 1.98. The van der Waals surface area contributed by atoms with Gasteiger partial charge in [-0.3, -0.25) is 0 Å². The van der Waals surface area contributed by atoms with Gasteiger partial charge in [0.25, 0.3) is 0 Å². The minimum Gasteiger partial charge on any atom is -0.478 e. The lowest BCUT2D eigenvalue weighted by atomic mass is 10.1. The van der Waals surface area contributed by atoms with Gasteiger partial charge in [-0.2, -0.15) is 0 Å². The molecule has 0 aliphatic heterocycles. The van der Waals surface area contributed by atoms with Crippen LogP contribution in [-0.2, 0) is 0 Å². The maximum absolute atomic E-state index is 14.0. The van der Waals surface area contributed by atoms with Gasteiger partial charge in [-0.1, -0.05) is 18.2 Å². The van der Waals surface area contributed by atoms with Gasteiger partial charge in [0.05, 0.1) is 16.9 Å². The molecular formula is C16H16FNO2. The second-order valence-electron chi connectivity index (χ2n) is 4.52. The van der Waals surface area contributed by atoms with Crippen LogP contribution >= 0.6 is 0 Å². The number of aryl methyl sites for hydroxylation is 1. The van der Waals surface area contributed by atoms with Crippen LogP contribution in [0.2, 0.25) is 0 Å². The van der Waals surface area contributed by atoms with E-state index in [9.17, 15) is 14.3 Å². The maximum Gasteiger partial charge on any atom is 0.337 e. The fourth-order valence-corrected chi connectivity index (χ4v) is 2.19. The van der Waals surface area contributed by atoms with Crippen LogP contribution in [0.3, 0.4) is 0 Å². The predicted octanol–water partition coefficient (Wildman–Crippen LogP) is 3.99. The number of hydrogen-bond donors (Lipinski definition) is 1. The van der Waals surface area contributed by atoms with Gasteiger partial charge < -0.3 is 10.0 Å². The topological polar surface area (TPSA) is 40.5 Å². The predicted molar refractivity (Wildman–Crippen MR) is 77.2 cm³/mol. The number of aromatic carboxylic acids is 1. The van der Waals surface area contributed by atoms with Crippen molar-refractivity contribution in [2.24, 2.45) is 0 Å². The number of halogens is 1. The van der Waals surface area contributed by atoms with Crippen LogP contribution in [-0.4, -0.2) is 17.6 Å². The molecule has 3 nitrogen and oxygen atoms in total. The first-order valence-electron chi connectivity index (χ1n) is 6.40. The first-order valence-corrected chi connectivity index (χ1v) is 6.40. The van der Waals surface area contributed by atoms with Gasteiger partial charge in [-0.25, -0.2) is 9.18 Å². The minimum absolute atomic E-state index is 0.167. The molecule has 0 atom stereocenters. The van der Waals surface area contributed by atoms with Crippen molar-refractivity contribution in [1.82, 2.24) is 0 Å². The summed E-state index contributed by atoms with van der Waals surface area (Å²) >= 11 is 0. The molecule has 0 bridgehead atoms. The van der Waals surface area contributed by atoms with Gasteiger partial charge in [-0.05, 0) is 43.7 Å². The summed E-state index contributed by atoms with van der Waals surface area (Å²) in [6, 6.07) is 11.4. The van der Waals surface area contributed by atoms with Gasteiger partial charge in [0.1, 0.15) is 5.82 Å². The van der Waals surface area contributed by atoms with Gasteiger partial charge in [0.2, 0.25) is 0 Å². The molecular weight excluding hydrogens is 257 g/mol. The van der Waals surface area contributed by atoms with E-state index >= 15 is 0 Å². The van der Waals surface area contributed by atoms with Crippen molar-refractivity contribution in [3.05, 3.63) is 59.4 Å². The van der Waals surface area contributed by atoms with Crippen LogP contribution in [0.5, 0.6) is 0 Å².